The number of ether oxygens (including phenoxy) is 1. The van der Waals surface area contributed by atoms with Crippen LogP contribution in [0.2, 0.25) is 0 Å². The number of rotatable bonds is 2. The standard InChI is InChI=1S/C12H15NO3/c1-7(2)16-12(15)9-5-3-8-4-6-10(14)11(8)13-9/h3,5,7,10,14H,4,6H2,1-2H3. The Labute approximate surface area is 94.3 Å². The summed E-state index contributed by atoms with van der Waals surface area (Å²) in [5.41, 5.74) is 1.92. The molecule has 0 saturated carbocycles. The van der Waals surface area contributed by atoms with Crippen LogP contribution in [-0.4, -0.2) is 22.2 Å². The van der Waals surface area contributed by atoms with Gasteiger partial charge in [0.05, 0.1) is 17.9 Å². The van der Waals surface area contributed by atoms with Gasteiger partial charge >= 0.3 is 5.97 Å². The molecular weight excluding hydrogens is 206 g/mol. The van der Waals surface area contributed by atoms with Gasteiger partial charge in [-0.15, -0.1) is 0 Å². The Morgan fingerprint density at radius 1 is 1.56 bits per heavy atom. The van der Waals surface area contributed by atoms with Crippen molar-refractivity contribution in [3.05, 3.63) is 29.1 Å². The number of carbonyl (C=O) groups excluding carboxylic acids is 1. The van der Waals surface area contributed by atoms with Gasteiger partial charge in [0.1, 0.15) is 5.69 Å². The van der Waals surface area contributed by atoms with Crippen molar-refractivity contribution >= 4 is 5.97 Å². The Morgan fingerprint density at radius 2 is 2.31 bits per heavy atom. The summed E-state index contributed by atoms with van der Waals surface area (Å²) in [7, 11) is 0. The van der Waals surface area contributed by atoms with Crippen molar-refractivity contribution in [1.29, 1.82) is 0 Å². The highest BCUT2D eigenvalue weighted by atomic mass is 16.5. The zero-order chi connectivity index (χ0) is 11.7. The number of esters is 1. The molecule has 16 heavy (non-hydrogen) atoms. The molecule has 1 heterocycles. The molecule has 0 bridgehead atoms. The highest BCUT2D eigenvalue weighted by Gasteiger charge is 2.23. The smallest absolute Gasteiger partial charge is 0.357 e. The molecule has 1 unspecified atom stereocenters. The maximum atomic E-state index is 11.6. The number of pyridine rings is 1. The average molecular weight is 221 g/mol. The van der Waals surface area contributed by atoms with Crippen molar-refractivity contribution in [1.82, 2.24) is 4.98 Å². The normalized spacial score (nSPS) is 18.6. The predicted molar refractivity (Wildman–Crippen MR) is 58.1 cm³/mol. The highest BCUT2D eigenvalue weighted by Crippen LogP contribution is 2.29. The van der Waals surface area contributed by atoms with Crippen LogP contribution in [0.3, 0.4) is 0 Å². The van der Waals surface area contributed by atoms with Crippen LogP contribution in [0.25, 0.3) is 0 Å². The van der Waals surface area contributed by atoms with Gasteiger partial charge in [0.15, 0.2) is 0 Å². The van der Waals surface area contributed by atoms with E-state index in [1.54, 1.807) is 19.9 Å². The van der Waals surface area contributed by atoms with Gasteiger partial charge in [0.25, 0.3) is 0 Å². The second-order valence-electron chi connectivity index (χ2n) is 4.25. The van der Waals surface area contributed by atoms with E-state index in [-0.39, 0.29) is 11.8 Å². The SMILES string of the molecule is CC(C)OC(=O)c1ccc2c(n1)C(O)CC2. The first kappa shape index (κ1) is 11.1. The minimum Gasteiger partial charge on any atom is -0.458 e. The van der Waals surface area contributed by atoms with Crippen LogP contribution >= 0.6 is 0 Å². The van der Waals surface area contributed by atoms with E-state index in [1.807, 2.05) is 6.07 Å². The molecule has 4 nitrogen and oxygen atoms in total. The van der Waals surface area contributed by atoms with Crippen molar-refractivity contribution in [2.45, 2.75) is 38.9 Å². The third-order valence-electron chi connectivity index (χ3n) is 2.57. The predicted octanol–water partition coefficient (Wildman–Crippen LogP) is 1.63. The van der Waals surface area contributed by atoms with Crippen molar-refractivity contribution in [2.75, 3.05) is 0 Å². The van der Waals surface area contributed by atoms with Crippen molar-refractivity contribution < 1.29 is 14.6 Å². The molecule has 4 heteroatoms. The Bertz CT molecular complexity index is 415. The molecule has 2 rings (SSSR count). The summed E-state index contributed by atoms with van der Waals surface area (Å²) >= 11 is 0. The zero-order valence-corrected chi connectivity index (χ0v) is 9.43. The molecule has 0 radical (unpaired) electrons. The summed E-state index contributed by atoms with van der Waals surface area (Å²) in [6, 6.07) is 3.50. The number of fused-ring (bicyclic) bond motifs is 1. The number of hydrogen-bond acceptors (Lipinski definition) is 4. The number of aromatic nitrogens is 1. The van der Waals surface area contributed by atoms with Gasteiger partial charge in [-0.2, -0.15) is 0 Å². The Balaban J connectivity index is 2.24. The lowest BCUT2D eigenvalue weighted by Crippen LogP contribution is -2.14. The quantitative estimate of drug-likeness (QED) is 0.771. The Hall–Kier alpha value is -1.42. The number of hydrogen-bond donors (Lipinski definition) is 1. The van der Waals surface area contributed by atoms with Gasteiger partial charge in [0.2, 0.25) is 0 Å². The second-order valence-corrected chi connectivity index (χ2v) is 4.25. The molecule has 0 saturated heterocycles. The summed E-state index contributed by atoms with van der Waals surface area (Å²) in [5.74, 6) is -0.433. The lowest BCUT2D eigenvalue weighted by Gasteiger charge is -2.09. The molecule has 1 aromatic heterocycles. The third kappa shape index (κ3) is 2.07. The molecule has 0 amide bonds. The maximum Gasteiger partial charge on any atom is 0.357 e. The first-order valence-electron chi connectivity index (χ1n) is 5.47. The maximum absolute atomic E-state index is 11.6. The highest BCUT2D eigenvalue weighted by molar-refractivity contribution is 5.87. The molecular formula is C12H15NO3. The molecule has 0 aromatic carbocycles. The second kappa shape index (κ2) is 4.22. The van der Waals surface area contributed by atoms with Crippen LogP contribution in [0, 0.1) is 0 Å². The zero-order valence-electron chi connectivity index (χ0n) is 9.43. The summed E-state index contributed by atoms with van der Waals surface area (Å²) < 4.78 is 5.05. The van der Waals surface area contributed by atoms with E-state index < -0.39 is 12.1 Å². The molecule has 86 valence electrons. The number of aliphatic hydroxyl groups is 1. The van der Waals surface area contributed by atoms with Crippen molar-refractivity contribution in [3.8, 4) is 0 Å². The minimum absolute atomic E-state index is 0.160. The van der Waals surface area contributed by atoms with E-state index in [2.05, 4.69) is 4.98 Å². The lowest BCUT2D eigenvalue weighted by molar-refractivity contribution is 0.0370. The van der Waals surface area contributed by atoms with E-state index in [1.165, 1.54) is 0 Å². The number of carbonyl (C=O) groups is 1. The fourth-order valence-electron chi connectivity index (χ4n) is 1.82. The van der Waals surface area contributed by atoms with Crippen LogP contribution in [-0.2, 0) is 11.2 Å². The molecule has 0 fully saturated rings. The van der Waals surface area contributed by atoms with Gasteiger partial charge in [0, 0.05) is 0 Å². The van der Waals surface area contributed by atoms with Crippen LogP contribution < -0.4 is 0 Å². The molecule has 0 aliphatic heterocycles. The largest absolute Gasteiger partial charge is 0.458 e. The van der Waals surface area contributed by atoms with Crippen LogP contribution in [0.1, 0.15) is 48.1 Å². The number of nitrogens with zero attached hydrogens (tertiary/aromatic N) is 1. The number of aliphatic hydroxyl groups excluding tert-OH is 1. The van der Waals surface area contributed by atoms with E-state index in [4.69, 9.17) is 4.74 Å². The summed E-state index contributed by atoms with van der Waals surface area (Å²) in [6.45, 7) is 3.58. The van der Waals surface area contributed by atoms with Gasteiger partial charge in [-0.3, -0.25) is 0 Å². The van der Waals surface area contributed by atoms with Gasteiger partial charge in [-0.1, -0.05) is 6.07 Å². The molecule has 0 spiro atoms. The molecule has 1 aromatic rings. The first-order chi connectivity index (χ1) is 7.58. The molecule has 1 aliphatic rings. The molecule has 1 aliphatic carbocycles. The average Bonchev–Trinajstić information content (AvgIpc) is 2.59. The Kier molecular flexibility index (Phi) is 2.92. The van der Waals surface area contributed by atoms with Gasteiger partial charge < -0.3 is 9.84 Å². The fourth-order valence-corrected chi connectivity index (χ4v) is 1.82. The minimum atomic E-state index is -0.540. The monoisotopic (exact) mass is 221 g/mol. The van der Waals surface area contributed by atoms with E-state index in [0.29, 0.717) is 12.1 Å². The third-order valence-corrected chi connectivity index (χ3v) is 2.57. The molecule has 1 atom stereocenters. The van der Waals surface area contributed by atoms with E-state index in [0.717, 1.165) is 12.0 Å². The van der Waals surface area contributed by atoms with Gasteiger partial charge in [-0.05, 0) is 38.3 Å². The topological polar surface area (TPSA) is 59.4 Å². The lowest BCUT2D eigenvalue weighted by atomic mass is 10.2. The first-order valence-corrected chi connectivity index (χ1v) is 5.47. The molecule has 1 N–H and O–H groups in total. The van der Waals surface area contributed by atoms with Crippen molar-refractivity contribution in [3.63, 3.8) is 0 Å². The van der Waals surface area contributed by atoms with Crippen LogP contribution in [0.4, 0.5) is 0 Å². The summed E-state index contributed by atoms with van der Waals surface area (Å²) in [6.07, 6.45) is 0.808. The summed E-state index contributed by atoms with van der Waals surface area (Å²) in [5, 5.41) is 9.65. The van der Waals surface area contributed by atoms with E-state index >= 15 is 0 Å². The van der Waals surface area contributed by atoms with Crippen LogP contribution in [0.5, 0.6) is 0 Å². The fraction of sp³-hybridized carbons (Fsp3) is 0.500. The Morgan fingerprint density at radius 3 is 3.00 bits per heavy atom. The number of aryl methyl sites for hydroxylation is 1. The summed E-state index contributed by atoms with van der Waals surface area (Å²) in [4.78, 5) is 15.8. The van der Waals surface area contributed by atoms with E-state index in [9.17, 15) is 9.90 Å². The van der Waals surface area contributed by atoms with Crippen LogP contribution in [0.15, 0.2) is 12.1 Å². The van der Waals surface area contributed by atoms with Gasteiger partial charge in [-0.25, -0.2) is 9.78 Å². The van der Waals surface area contributed by atoms with Crippen molar-refractivity contribution in [2.24, 2.45) is 0 Å².